The highest BCUT2D eigenvalue weighted by molar-refractivity contribution is 9.10. The van der Waals surface area contributed by atoms with Gasteiger partial charge in [0.05, 0.1) is 4.11 Å². The molecule has 10 heavy (non-hydrogen) atoms. The first-order chi connectivity index (χ1) is 8.75. The van der Waals surface area contributed by atoms with E-state index >= 15 is 0 Å². The standard InChI is InChI=1S/C8H10BrN/c1-2-3-8-6-7(9)4-5-10-8/h4-6H,2-3H2,1H3/i1D3,2D2,3D2,4D,5D,6D. The van der Waals surface area contributed by atoms with Gasteiger partial charge in [0, 0.05) is 25.9 Å². The first kappa shape index (κ1) is 1.86. The van der Waals surface area contributed by atoms with Crippen LogP contribution in [-0.4, -0.2) is 4.98 Å². The molecule has 0 aliphatic carbocycles. The van der Waals surface area contributed by atoms with E-state index in [0.717, 1.165) is 0 Å². The molecule has 0 fully saturated rings. The molecule has 0 amide bonds. The molecule has 0 radical (unpaired) electrons. The molecule has 0 aliphatic rings. The van der Waals surface area contributed by atoms with Gasteiger partial charge in [0.2, 0.25) is 0 Å². The average molecular weight is 210 g/mol. The van der Waals surface area contributed by atoms with Gasteiger partial charge in [-0.15, -0.1) is 0 Å². The van der Waals surface area contributed by atoms with Crippen molar-refractivity contribution in [3.05, 3.63) is 28.4 Å². The van der Waals surface area contributed by atoms with Crippen LogP contribution >= 0.6 is 15.9 Å². The summed E-state index contributed by atoms with van der Waals surface area (Å²) in [6, 6.07) is -1.10. The molecule has 1 rings (SSSR count). The largest absolute Gasteiger partial charge is 0.261 e. The number of halogens is 1. The van der Waals surface area contributed by atoms with E-state index in [1.54, 1.807) is 0 Å². The van der Waals surface area contributed by atoms with Crippen molar-refractivity contribution >= 4 is 15.9 Å². The number of aryl methyl sites for hydroxylation is 1. The highest BCUT2D eigenvalue weighted by atomic mass is 79.9. The highest BCUT2D eigenvalue weighted by Crippen LogP contribution is 2.09. The molecule has 2 heteroatoms. The number of aromatic nitrogens is 1. The Kier molecular flexibility index (Phi) is 0.691. The molecule has 0 unspecified atom stereocenters. The van der Waals surface area contributed by atoms with Gasteiger partial charge in [-0.2, -0.15) is 0 Å². The van der Waals surface area contributed by atoms with Gasteiger partial charge in [-0.25, -0.2) is 0 Å². The van der Waals surface area contributed by atoms with Crippen LogP contribution in [0.25, 0.3) is 0 Å². The zero-order valence-corrected chi connectivity index (χ0v) is 6.41. The molecule has 0 aromatic carbocycles. The molecule has 1 heterocycles. The lowest BCUT2D eigenvalue weighted by molar-refractivity contribution is 0.881. The third-order valence-corrected chi connectivity index (χ3v) is 1.14. The Morgan fingerprint density at radius 3 is 3.70 bits per heavy atom. The quantitative estimate of drug-likeness (QED) is 0.731. The van der Waals surface area contributed by atoms with E-state index in [0.29, 0.717) is 0 Å². The molecule has 1 aromatic rings. The molecule has 54 valence electrons. The lowest BCUT2D eigenvalue weighted by atomic mass is 10.2. The second kappa shape index (κ2) is 3.71. The van der Waals surface area contributed by atoms with Crippen molar-refractivity contribution in [1.29, 1.82) is 0 Å². The van der Waals surface area contributed by atoms with E-state index in [1.165, 1.54) is 0 Å². The van der Waals surface area contributed by atoms with E-state index in [-0.39, 0.29) is 4.47 Å². The number of rotatable bonds is 2. The maximum atomic E-state index is 7.71. The molecule has 0 atom stereocenters. The average Bonchev–Trinajstić information content (AvgIpc) is 2.29. The maximum absolute atomic E-state index is 7.71. The van der Waals surface area contributed by atoms with Crippen molar-refractivity contribution in [2.75, 3.05) is 0 Å². The molecule has 0 bridgehead atoms. The minimum absolute atomic E-state index is 0.238. The van der Waals surface area contributed by atoms with Gasteiger partial charge in [0.1, 0.15) is 0 Å². The lowest BCUT2D eigenvalue weighted by Gasteiger charge is -1.95. The molecule has 0 N–H and O–H groups in total. The zero-order valence-electron chi connectivity index (χ0n) is 14.8. The minimum Gasteiger partial charge on any atom is -0.261 e. The fourth-order valence-corrected chi connectivity index (χ4v) is 0.691. The van der Waals surface area contributed by atoms with Crippen molar-refractivity contribution in [2.24, 2.45) is 0 Å². The van der Waals surface area contributed by atoms with E-state index < -0.39 is 43.5 Å². The van der Waals surface area contributed by atoms with Crippen LogP contribution in [-0.2, 0) is 6.37 Å². The van der Waals surface area contributed by atoms with Crippen molar-refractivity contribution in [1.82, 2.24) is 4.98 Å². The van der Waals surface area contributed by atoms with Gasteiger partial charge in [-0.1, -0.05) is 29.2 Å². The number of hydrogen-bond donors (Lipinski definition) is 0. The summed E-state index contributed by atoms with van der Waals surface area (Å²) in [4.78, 5) is 3.38. The third kappa shape index (κ3) is 2.10. The molecule has 1 nitrogen and oxygen atoms in total. The Morgan fingerprint density at radius 1 is 2.00 bits per heavy atom. The molecule has 0 spiro atoms. The Hall–Kier alpha value is -0.370. The van der Waals surface area contributed by atoms with Gasteiger partial charge in [0.25, 0.3) is 0 Å². The van der Waals surface area contributed by atoms with Gasteiger partial charge >= 0.3 is 0 Å². The van der Waals surface area contributed by atoms with Crippen LogP contribution in [0.5, 0.6) is 0 Å². The summed E-state index contributed by atoms with van der Waals surface area (Å²) in [5, 5.41) is 0. The molecule has 0 saturated heterocycles. The number of hydrogen-bond acceptors (Lipinski definition) is 1. The third-order valence-electron chi connectivity index (χ3n) is 0.742. The summed E-state index contributed by atoms with van der Waals surface area (Å²) in [7, 11) is 0. The van der Waals surface area contributed by atoms with Crippen molar-refractivity contribution in [2.45, 2.75) is 19.6 Å². The lowest BCUT2D eigenvalue weighted by Crippen LogP contribution is -1.86. The van der Waals surface area contributed by atoms with Gasteiger partial charge in [-0.3, -0.25) is 4.98 Å². The first-order valence-electron chi connectivity index (χ1n) is 7.39. The topological polar surface area (TPSA) is 12.9 Å². The summed E-state index contributed by atoms with van der Waals surface area (Å²) in [5.74, 6) is 0. The van der Waals surface area contributed by atoms with Crippen LogP contribution in [0.3, 0.4) is 0 Å². The van der Waals surface area contributed by atoms with Crippen LogP contribution < -0.4 is 0 Å². The summed E-state index contributed by atoms with van der Waals surface area (Å²) in [6.07, 6.45) is -7.10. The monoisotopic (exact) mass is 209 g/mol. The van der Waals surface area contributed by atoms with Crippen LogP contribution in [0.15, 0.2) is 22.7 Å². The Morgan fingerprint density at radius 2 is 2.90 bits per heavy atom. The summed E-state index contributed by atoms with van der Waals surface area (Å²) in [6.45, 7) is -3.28. The van der Waals surface area contributed by atoms with E-state index in [9.17, 15) is 0 Å². The molecule has 1 aromatic heterocycles. The smallest absolute Gasteiger partial charge is 0.0840 e. The van der Waals surface area contributed by atoms with Crippen LogP contribution in [0, 0.1) is 0 Å². The van der Waals surface area contributed by atoms with Crippen LogP contribution in [0.2, 0.25) is 0 Å². The number of pyridine rings is 1. The van der Waals surface area contributed by atoms with Crippen molar-refractivity contribution < 1.29 is 13.7 Å². The Balaban J connectivity index is 3.60. The van der Waals surface area contributed by atoms with E-state index in [1.807, 2.05) is 0 Å². The second-order valence-electron chi connectivity index (χ2n) is 1.39. The Labute approximate surface area is 83.7 Å². The fraction of sp³-hybridized carbons (Fsp3) is 0.375. The van der Waals surface area contributed by atoms with E-state index in [2.05, 4.69) is 20.9 Å². The summed E-state index contributed by atoms with van der Waals surface area (Å²) in [5.41, 5.74) is -0.827. The number of nitrogens with zero attached hydrogens (tertiary/aromatic N) is 1. The molecular weight excluding hydrogens is 190 g/mol. The first-order valence-corrected chi connectivity index (χ1v) is 3.18. The Bertz CT molecular complexity index is 537. The predicted molar refractivity (Wildman–Crippen MR) is 45.9 cm³/mol. The predicted octanol–water partition coefficient (Wildman–Crippen LogP) is 2.80. The zero-order chi connectivity index (χ0) is 16.1. The summed E-state index contributed by atoms with van der Waals surface area (Å²) < 4.78 is 73.9. The van der Waals surface area contributed by atoms with E-state index in [4.69, 9.17) is 13.7 Å². The normalized spacial score (nSPS) is 28.5. The fourth-order valence-electron chi connectivity index (χ4n) is 0.414. The molecule has 0 saturated carbocycles. The maximum Gasteiger partial charge on any atom is 0.0840 e. The molecular formula is C8H10BrN. The van der Waals surface area contributed by atoms with Gasteiger partial charge in [0.15, 0.2) is 0 Å². The van der Waals surface area contributed by atoms with Gasteiger partial charge in [-0.05, 0) is 18.5 Å². The SMILES string of the molecule is [2H]c1nc(C([2H])([2H])C([2H])([2H])C([2H])([2H])[2H])c([2H])c(Br)c1[2H]. The molecule has 0 aliphatic heterocycles. The summed E-state index contributed by atoms with van der Waals surface area (Å²) >= 11 is 2.83. The minimum atomic E-state index is -3.31. The van der Waals surface area contributed by atoms with Crippen LogP contribution in [0.1, 0.15) is 32.6 Å². The second-order valence-corrected chi connectivity index (χ2v) is 2.18. The highest BCUT2D eigenvalue weighted by Gasteiger charge is 1.91. The van der Waals surface area contributed by atoms with Crippen LogP contribution in [0.4, 0.5) is 0 Å². The van der Waals surface area contributed by atoms with Gasteiger partial charge < -0.3 is 0 Å². The van der Waals surface area contributed by atoms with Crippen molar-refractivity contribution in [3.8, 4) is 0 Å². The van der Waals surface area contributed by atoms with Crippen molar-refractivity contribution in [3.63, 3.8) is 0 Å².